The maximum atomic E-state index is 10.5. The Morgan fingerprint density at radius 3 is 2.68 bits per heavy atom. The molecule has 9 heteroatoms. The lowest BCUT2D eigenvalue weighted by atomic mass is 10.1. The van der Waals surface area contributed by atoms with Gasteiger partial charge >= 0.3 is 0 Å². The third-order valence-electron chi connectivity index (χ3n) is 4.40. The third-order valence-corrected chi connectivity index (χ3v) is 5.87. The van der Waals surface area contributed by atoms with Crippen molar-refractivity contribution in [3.8, 4) is 0 Å². The van der Waals surface area contributed by atoms with Crippen LogP contribution in [0.2, 0.25) is 0 Å². The summed E-state index contributed by atoms with van der Waals surface area (Å²) in [4.78, 5) is 13.1. The van der Waals surface area contributed by atoms with Crippen LogP contribution in [0.25, 0.3) is 11.2 Å². The first-order valence-electron chi connectivity index (χ1n) is 8.29. The molecule has 0 amide bonds. The highest BCUT2D eigenvalue weighted by atomic mass is 31.2. The topological polar surface area (TPSA) is 105 Å². The lowest BCUT2D eigenvalue weighted by Crippen LogP contribution is -2.31. The molecule has 0 saturated carbocycles. The number of aromatic nitrogens is 4. The Bertz CT molecular complexity index is 817. The number of nitrogens with one attached hydrogen (secondary N) is 1. The van der Waals surface area contributed by atoms with E-state index in [1.54, 1.807) is 24.9 Å². The van der Waals surface area contributed by atoms with E-state index < -0.39 is 31.4 Å². The zero-order chi connectivity index (χ0) is 18.4. The van der Waals surface area contributed by atoms with Crippen LogP contribution in [0.5, 0.6) is 0 Å². The number of hydrogen-bond donors (Lipinski definition) is 3. The Kier molecular flexibility index (Phi) is 4.90. The van der Waals surface area contributed by atoms with Crippen molar-refractivity contribution in [3.05, 3.63) is 12.2 Å². The first kappa shape index (κ1) is 18.3. The van der Waals surface area contributed by atoms with Crippen LogP contribution < -0.4 is 5.32 Å². The van der Waals surface area contributed by atoms with Gasteiger partial charge < -0.3 is 20.3 Å². The van der Waals surface area contributed by atoms with Crippen LogP contribution in [0.15, 0.2) is 6.33 Å². The van der Waals surface area contributed by atoms with Crippen LogP contribution in [0.4, 0.5) is 5.82 Å². The summed E-state index contributed by atoms with van der Waals surface area (Å²) in [5.74, 6) is 1.21. The van der Waals surface area contributed by atoms with Gasteiger partial charge in [-0.3, -0.25) is 4.57 Å². The molecule has 2 aromatic heterocycles. The summed E-state index contributed by atoms with van der Waals surface area (Å²) >= 11 is 0. The summed E-state index contributed by atoms with van der Waals surface area (Å²) in [5.41, 5.74) is 1.17. The molecule has 8 nitrogen and oxygen atoms in total. The minimum atomic E-state index is -1.22. The fraction of sp³-hybridized carbons (Fsp3) is 0.625. The van der Waals surface area contributed by atoms with Crippen LogP contribution in [0.3, 0.4) is 0 Å². The third kappa shape index (κ3) is 3.58. The zero-order valence-corrected chi connectivity index (χ0v) is 15.9. The van der Waals surface area contributed by atoms with Gasteiger partial charge in [-0.15, -0.1) is 13.2 Å². The molecule has 1 unspecified atom stereocenters. The Labute approximate surface area is 147 Å². The van der Waals surface area contributed by atoms with E-state index in [0.717, 1.165) is 6.16 Å². The molecule has 4 atom stereocenters. The molecule has 1 aliphatic heterocycles. The fourth-order valence-electron chi connectivity index (χ4n) is 3.06. The molecular formula is C16H26N5O3P. The van der Waals surface area contributed by atoms with Crippen molar-refractivity contribution in [2.24, 2.45) is 0 Å². The molecule has 0 spiro atoms. The lowest BCUT2D eigenvalue weighted by Gasteiger charge is -2.18. The van der Waals surface area contributed by atoms with E-state index in [1.807, 2.05) is 0 Å². The quantitative estimate of drug-likeness (QED) is 0.674. The Morgan fingerprint density at radius 2 is 2.04 bits per heavy atom. The van der Waals surface area contributed by atoms with Crippen molar-refractivity contribution in [1.82, 2.24) is 19.5 Å². The van der Waals surface area contributed by atoms with Gasteiger partial charge in [0.15, 0.2) is 23.2 Å². The van der Waals surface area contributed by atoms with Gasteiger partial charge in [0.1, 0.15) is 18.0 Å². The Morgan fingerprint density at radius 1 is 1.32 bits per heavy atom. The second-order valence-electron chi connectivity index (χ2n) is 7.19. The minimum Gasteiger partial charge on any atom is -0.388 e. The summed E-state index contributed by atoms with van der Waals surface area (Å²) in [7, 11) is 1.77. The molecule has 3 heterocycles. The average molecular weight is 367 g/mol. The summed E-state index contributed by atoms with van der Waals surface area (Å²) in [6.07, 6.45) is 4.18. The highest BCUT2D eigenvalue weighted by Gasteiger charge is 2.44. The molecule has 3 N–H and O–H groups in total. The first-order chi connectivity index (χ1) is 11.7. The number of imidazole rings is 1. The van der Waals surface area contributed by atoms with Crippen LogP contribution in [-0.2, 0) is 4.74 Å². The number of anilines is 1. The van der Waals surface area contributed by atoms with Crippen LogP contribution in [0.1, 0.15) is 18.5 Å². The van der Waals surface area contributed by atoms with Gasteiger partial charge in [0, 0.05) is 7.05 Å². The first-order valence-corrected chi connectivity index (χ1v) is 11.3. The van der Waals surface area contributed by atoms with Crippen LogP contribution in [-0.4, -0.2) is 80.9 Å². The number of nitrogens with zero attached hydrogens (tertiary/aromatic N) is 4. The molecule has 2 aromatic rings. The molecule has 0 aromatic carbocycles. The normalized spacial score (nSPS) is 27.1. The number of hydrogen-bond acceptors (Lipinski definition) is 7. The summed E-state index contributed by atoms with van der Waals surface area (Å²) in [5, 5.41) is 23.9. The predicted octanol–water partition coefficient (Wildman–Crippen LogP) is 0.895. The second-order valence-corrected chi connectivity index (χ2v) is 11.5. The maximum Gasteiger partial charge on any atom is 0.167 e. The number of fused-ring (bicyclic) bond motifs is 1. The van der Waals surface area contributed by atoms with Gasteiger partial charge in [-0.1, -0.05) is 0 Å². The summed E-state index contributed by atoms with van der Waals surface area (Å²) in [6.45, 7) is 4.86. The number of rotatable bonds is 5. The molecule has 0 bridgehead atoms. The highest BCUT2D eigenvalue weighted by molar-refractivity contribution is 7.72. The molecule has 1 aliphatic rings. The van der Waals surface area contributed by atoms with Gasteiger partial charge in [0.05, 0.1) is 12.4 Å². The number of aryl methyl sites for hydroxylation is 1. The fourth-order valence-corrected chi connectivity index (χ4v) is 4.01. The molecule has 0 radical (unpaired) electrons. The van der Waals surface area contributed by atoms with Gasteiger partial charge in [0.25, 0.3) is 0 Å². The van der Waals surface area contributed by atoms with Gasteiger partial charge in [-0.2, -0.15) is 0 Å². The summed E-state index contributed by atoms with van der Waals surface area (Å²) in [6, 6.07) is 0. The monoisotopic (exact) mass is 367 g/mol. The van der Waals surface area contributed by atoms with E-state index in [-0.39, 0.29) is 0 Å². The number of ether oxygens (including phenoxy) is 1. The van der Waals surface area contributed by atoms with E-state index in [0.29, 0.717) is 29.2 Å². The molecule has 0 aliphatic carbocycles. The largest absolute Gasteiger partial charge is 0.388 e. The van der Waals surface area contributed by atoms with Gasteiger partial charge in [-0.05, 0) is 32.8 Å². The zero-order valence-electron chi connectivity index (χ0n) is 15.0. The van der Waals surface area contributed by atoms with E-state index in [2.05, 4.69) is 39.9 Å². The molecule has 25 heavy (non-hydrogen) atoms. The predicted molar refractivity (Wildman–Crippen MR) is 101 cm³/mol. The van der Waals surface area contributed by atoms with E-state index in [4.69, 9.17) is 4.74 Å². The van der Waals surface area contributed by atoms with Crippen molar-refractivity contribution >= 4 is 30.2 Å². The Hall–Kier alpha value is -1.47. The smallest absolute Gasteiger partial charge is 0.167 e. The van der Waals surface area contributed by atoms with Crippen molar-refractivity contribution in [2.75, 3.05) is 31.9 Å². The van der Waals surface area contributed by atoms with E-state index in [1.165, 1.54) is 0 Å². The standard InChI is InChI=1S/C16H26N5O3P/c1-9-19-14(17-2)11-15(20-9)21(8-18-11)16-13(23)12(22)10(24-16)6-7-25(3,4)5/h8,10,12-13,16,22-23H,3,6-7H2,1-2,4-5H3,(H,17,19,20)/t10-,12-,13-,16?/m1/s1. The molecular weight excluding hydrogens is 341 g/mol. The van der Waals surface area contributed by atoms with Crippen molar-refractivity contribution in [3.63, 3.8) is 0 Å². The van der Waals surface area contributed by atoms with Crippen LogP contribution >= 0.6 is 6.89 Å². The Balaban J connectivity index is 1.90. The highest BCUT2D eigenvalue weighted by Crippen LogP contribution is 2.40. The molecule has 138 valence electrons. The molecule has 1 saturated heterocycles. The van der Waals surface area contributed by atoms with E-state index in [9.17, 15) is 10.2 Å². The van der Waals surface area contributed by atoms with Crippen molar-refractivity contribution in [2.45, 2.75) is 37.9 Å². The molecule has 1 fully saturated rings. The second kappa shape index (κ2) is 6.68. The van der Waals surface area contributed by atoms with Crippen molar-refractivity contribution < 1.29 is 14.9 Å². The lowest BCUT2D eigenvalue weighted by molar-refractivity contribution is -0.0353. The van der Waals surface area contributed by atoms with Gasteiger partial charge in [0.2, 0.25) is 0 Å². The number of aliphatic hydroxyl groups excluding tert-OH is 2. The van der Waals surface area contributed by atoms with Gasteiger partial charge in [-0.25, -0.2) is 15.0 Å². The number of aliphatic hydroxyl groups is 2. The maximum absolute atomic E-state index is 10.5. The average Bonchev–Trinajstić information content (AvgIpc) is 3.06. The van der Waals surface area contributed by atoms with Crippen LogP contribution in [0, 0.1) is 6.92 Å². The molecule has 3 rings (SSSR count). The van der Waals surface area contributed by atoms with E-state index >= 15 is 0 Å². The minimum absolute atomic E-state index is 0.426. The van der Waals surface area contributed by atoms with Crippen molar-refractivity contribution in [1.29, 1.82) is 0 Å². The SMILES string of the molecule is C=P(C)(C)CC[C@H]1OC(n2cnc3c(NC)nc(C)nc32)[C@H](O)[C@@H]1O. The summed E-state index contributed by atoms with van der Waals surface area (Å²) < 4.78 is 7.65.